The molecule has 2 aromatic carbocycles. The summed E-state index contributed by atoms with van der Waals surface area (Å²) in [4.78, 5) is 14.2. The minimum absolute atomic E-state index is 0.111. The highest BCUT2D eigenvalue weighted by atomic mass is 32.2. The predicted molar refractivity (Wildman–Crippen MR) is 97.8 cm³/mol. The fraction of sp³-hybridized carbons (Fsp3) is 0.278. The third-order valence-electron chi connectivity index (χ3n) is 3.80. The van der Waals surface area contributed by atoms with Gasteiger partial charge in [-0.1, -0.05) is 12.1 Å². The molecule has 0 atom stereocenters. The second-order valence-electron chi connectivity index (χ2n) is 5.85. The summed E-state index contributed by atoms with van der Waals surface area (Å²) in [7, 11) is -3.88. The molecular formula is C18H20F2N2O3S. The van der Waals surface area contributed by atoms with Crippen molar-refractivity contribution in [2.75, 3.05) is 28.6 Å². The molecule has 2 aromatic rings. The van der Waals surface area contributed by atoms with Crippen LogP contribution in [0.25, 0.3) is 0 Å². The molecule has 0 aliphatic carbocycles. The molecule has 26 heavy (non-hydrogen) atoms. The molecule has 0 unspecified atom stereocenters. The number of amides is 1. The van der Waals surface area contributed by atoms with Crippen molar-refractivity contribution in [2.45, 2.75) is 13.8 Å². The van der Waals surface area contributed by atoms with E-state index in [1.165, 1.54) is 4.90 Å². The Balaban J connectivity index is 2.35. The van der Waals surface area contributed by atoms with Gasteiger partial charge in [-0.05, 0) is 43.7 Å². The van der Waals surface area contributed by atoms with Gasteiger partial charge in [0.1, 0.15) is 6.54 Å². The monoisotopic (exact) mass is 382 g/mol. The standard InChI is InChI=1S/C18H20F2N2O3S/c1-4-21(14-7-5-6-13(2)10-14)18(23)12-22(26(3,24)25)15-8-9-16(19)17(20)11-15/h5-11H,4,12H2,1-3H3. The van der Waals surface area contributed by atoms with Gasteiger partial charge in [0.25, 0.3) is 0 Å². The summed E-state index contributed by atoms with van der Waals surface area (Å²) in [5.74, 6) is -2.76. The summed E-state index contributed by atoms with van der Waals surface area (Å²) < 4.78 is 51.6. The highest BCUT2D eigenvalue weighted by Crippen LogP contribution is 2.22. The first-order valence-corrected chi connectivity index (χ1v) is 9.78. The molecule has 5 nitrogen and oxygen atoms in total. The Labute approximate surface area is 151 Å². The van der Waals surface area contributed by atoms with Crippen molar-refractivity contribution < 1.29 is 22.0 Å². The zero-order chi connectivity index (χ0) is 19.5. The van der Waals surface area contributed by atoms with Gasteiger partial charge in [-0.3, -0.25) is 9.10 Å². The van der Waals surface area contributed by atoms with Gasteiger partial charge >= 0.3 is 0 Å². The van der Waals surface area contributed by atoms with Gasteiger partial charge in [0.2, 0.25) is 15.9 Å². The maximum atomic E-state index is 13.5. The van der Waals surface area contributed by atoms with Crippen LogP contribution in [0.4, 0.5) is 20.2 Å². The highest BCUT2D eigenvalue weighted by Gasteiger charge is 2.25. The van der Waals surface area contributed by atoms with Crippen molar-refractivity contribution in [3.63, 3.8) is 0 Å². The molecule has 0 spiro atoms. The molecule has 0 aliphatic heterocycles. The summed E-state index contributed by atoms with van der Waals surface area (Å²) in [6.45, 7) is 3.46. The van der Waals surface area contributed by atoms with Gasteiger partial charge in [-0.25, -0.2) is 17.2 Å². The lowest BCUT2D eigenvalue weighted by molar-refractivity contribution is -0.117. The number of halogens is 2. The summed E-state index contributed by atoms with van der Waals surface area (Å²) in [5, 5.41) is 0. The molecule has 1 amide bonds. The Morgan fingerprint density at radius 2 is 1.73 bits per heavy atom. The molecule has 8 heteroatoms. The summed E-state index contributed by atoms with van der Waals surface area (Å²) in [5.41, 5.74) is 1.48. The number of benzene rings is 2. The van der Waals surface area contributed by atoms with Crippen LogP contribution in [-0.2, 0) is 14.8 Å². The predicted octanol–water partition coefficient (Wildman–Crippen LogP) is 3.09. The number of hydrogen-bond donors (Lipinski definition) is 0. The van der Waals surface area contributed by atoms with Crippen LogP contribution in [-0.4, -0.2) is 33.7 Å². The fourth-order valence-corrected chi connectivity index (χ4v) is 3.39. The van der Waals surface area contributed by atoms with E-state index in [-0.39, 0.29) is 5.69 Å². The smallest absolute Gasteiger partial charge is 0.247 e. The number of likely N-dealkylation sites (N-methyl/N-ethyl adjacent to an activating group) is 1. The molecule has 140 valence electrons. The average molecular weight is 382 g/mol. The second kappa shape index (κ2) is 7.82. The Hall–Kier alpha value is -2.48. The maximum absolute atomic E-state index is 13.5. The van der Waals surface area contributed by atoms with Gasteiger partial charge in [0, 0.05) is 18.3 Å². The lowest BCUT2D eigenvalue weighted by Crippen LogP contribution is -2.43. The van der Waals surface area contributed by atoms with Gasteiger partial charge in [0.05, 0.1) is 11.9 Å². The molecule has 0 aromatic heterocycles. The van der Waals surface area contributed by atoms with Crippen molar-refractivity contribution in [1.82, 2.24) is 0 Å². The number of carbonyl (C=O) groups is 1. The van der Waals surface area contributed by atoms with Crippen molar-refractivity contribution >= 4 is 27.3 Å². The van der Waals surface area contributed by atoms with Gasteiger partial charge in [-0.15, -0.1) is 0 Å². The van der Waals surface area contributed by atoms with Crippen LogP contribution in [0.5, 0.6) is 0 Å². The summed E-state index contributed by atoms with van der Waals surface area (Å²) in [6, 6.07) is 9.93. The van der Waals surface area contributed by atoms with Crippen LogP contribution in [0, 0.1) is 18.6 Å². The van der Waals surface area contributed by atoms with Gasteiger partial charge in [-0.2, -0.15) is 0 Å². The molecule has 0 radical (unpaired) electrons. The second-order valence-corrected chi connectivity index (χ2v) is 7.75. The Morgan fingerprint density at radius 1 is 1.04 bits per heavy atom. The number of rotatable bonds is 6. The number of hydrogen-bond acceptors (Lipinski definition) is 3. The molecule has 0 saturated carbocycles. The topological polar surface area (TPSA) is 57.7 Å². The summed E-state index contributed by atoms with van der Waals surface area (Å²) >= 11 is 0. The molecule has 0 N–H and O–H groups in total. The van der Waals surface area contributed by atoms with E-state index in [1.807, 2.05) is 19.1 Å². The van der Waals surface area contributed by atoms with E-state index in [0.29, 0.717) is 12.2 Å². The molecule has 0 saturated heterocycles. The van der Waals surface area contributed by atoms with E-state index in [1.54, 1.807) is 19.1 Å². The molecule has 0 heterocycles. The molecule has 0 bridgehead atoms. The Bertz CT molecular complexity index is 916. The van der Waals surface area contributed by atoms with E-state index < -0.39 is 34.1 Å². The normalized spacial score (nSPS) is 11.3. The van der Waals surface area contributed by atoms with E-state index in [9.17, 15) is 22.0 Å². The van der Waals surface area contributed by atoms with E-state index in [0.717, 1.165) is 34.3 Å². The van der Waals surface area contributed by atoms with E-state index in [2.05, 4.69) is 0 Å². The number of carbonyl (C=O) groups excluding carboxylic acids is 1. The van der Waals surface area contributed by atoms with Crippen molar-refractivity contribution in [2.24, 2.45) is 0 Å². The SMILES string of the molecule is CCN(C(=O)CN(c1ccc(F)c(F)c1)S(C)(=O)=O)c1cccc(C)c1. The Morgan fingerprint density at radius 3 is 2.27 bits per heavy atom. The first-order chi connectivity index (χ1) is 12.1. The lowest BCUT2D eigenvalue weighted by Gasteiger charge is -2.27. The minimum atomic E-state index is -3.88. The zero-order valence-electron chi connectivity index (χ0n) is 14.7. The molecule has 0 aliphatic rings. The number of anilines is 2. The third-order valence-corrected chi connectivity index (χ3v) is 4.94. The first kappa shape index (κ1) is 19.8. The minimum Gasteiger partial charge on any atom is -0.311 e. The quantitative estimate of drug-likeness (QED) is 0.771. The molecule has 2 rings (SSSR count). The maximum Gasteiger partial charge on any atom is 0.247 e. The van der Waals surface area contributed by atoms with E-state index >= 15 is 0 Å². The van der Waals surface area contributed by atoms with Crippen LogP contribution < -0.4 is 9.21 Å². The van der Waals surface area contributed by atoms with Crippen LogP contribution in [0.1, 0.15) is 12.5 Å². The van der Waals surface area contributed by atoms with Crippen molar-refractivity contribution in [1.29, 1.82) is 0 Å². The first-order valence-electron chi connectivity index (χ1n) is 7.93. The third kappa shape index (κ3) is 4.57. The number of aryl methyl sites for hydroxylation is 1. The van der Waals surface area contributed by atoms with Crippen molar-refractivity contribution in [3.05, 3.63) is 59.7 Å². The number of sulfonamides is 1. The van der Waals surface area contributed by atoms with Crippen LogP contribution in [0.2, 0.25) is 0 Å². The Kier molecular flexibility index (Phi) is 5.97. The van der Waals surface area contributed by atoms with Gasteiger partial charge in [0.15, 0.2) is 11.6 Å². The zero-order valence-corrected chi connectivity index (χ0v) is 15.6. The molecule has 0 fully saturated rings. The highest BCUT2D eigenvalue weighted by molar-refractivity contribution is 7.92. The number of nitrogens with zero attached hydrogens (tertiary/aromatic N) is 2. The van der Waals surface area contributed by atoms with Crippen molar-refractivity contribution in [3.8, 4) is 0 Å². The summed E-state index contributed by atoms with van der Waals surface area (Å²) in [6.07, 6.45) is 0.907. The average Bonchev–Trinajstić information content (AvgIpc) is 2.55. The van der Waals surface area contributed by atoms with Crippen LogP contribution in [0.15, 0.2) is 42.5 Å². The molecular weight excluding hydrogens is 362 g/mol. The van der Waals surface area contributed by atoms with Crippen LogP contribution >= 0.6 is 0 Å². The largest absolute Gasteiger partial charge is 0.311 e. The van der Waals surface area contributed by atoms with Crippen LogP contribution in [0.3, 0.4) is 0 Å². The lowest BCUT2D eigenvalue weighted by atomic mass is 10.2. The van der Waals surface area contributed by atoms with E-state index in [4.69, 9.17) is 0 Å². The fourth-order valence-electron chi connectivity index (χ4n) is 2.55. The van der Waals surface area contributed by atoms with Gasteiger partial charge < -0.3 is 4.90 Å².